The number of piperidine rings is 1. The Morgan fingerprint density at radius 2 is 1.95 bits per heavy atom. The van der Waals surface area contributed by atoms with Crippen LogP contribution in [-0.4, -0.2) is 59.3 Å². The molecule has 1 N–H and O–H groups in total. The quantitative estimate of drug-likeness (QED) is 0.198. The molecule has 0 amide bonds. The molecule has 1 aliphatic heterocycles. The average molecular weight is 619 g/mol. The van der Waals surface area contributed by atoms with Crippen molar-refractivity contribution in [2.45, 2.75) is 52.1 Å². The number of halogens is 2. The molecule has 0 radical (unpaired) electrons. The van der Waals surface area contributed by atoms with Gasteiger partial charge >= 0.3 is 5.97 Å². The number of carboxylic acids is 1. The van der Waals surface area contributed by atoms with Gasteiger partial charge in [0.1, 0.15) is 24.3 Å². The fourth-order valence-corrected chi connectivity index (χ4v) is 5.62. The Bertz CT molecular complexity index is 1780. The molecule has 4 heterocycles. The van der Waals surface area contributed by atoms with Gasteiger partial charge in [-0.3, -0.25) is 4.90 Å². The second-order valence-corrected chi connectivity index (χ2v) is 11.2. The van der Waals surface area contributed by atoms with Gasteiger partial charge in [0.25, 0.3) is 5.88 Å². The van der Waals surface area contributed by atoms with E-state index in [2.05, 4.69) is 30.9 Å². The normalized spacial score (nSPS) is 14.2. The predicted molar refractivity (Wildman–Crippen MR) is 163 cm³/mol. The van der Waals surface area contributed by atoms with Gasteiger partial charge in [-0.25, -0.2) is 24.1 Å². The molecule has 12 heteroatoms. The van der Waals surface area contributed by atoms with Crippen LogP contribution in [0.5, 0.6) is 11.6 Å². The number of aromatic carboxylic acids is 1. The smallest absolute Gasteiger partial charge is 0.335 e. The van der Waals surface area contributed by atoms with Crippen LogP contribution in [0.2, 0.25) is 5.02 Å². The highest BCUT2D eigenvalue weighted by molar-refractivity contribution is 6.30. The lowest BCUT2D eigenvalue weighted by atomic mass is 10.1. The van der Waals surface area contributed by atoms with E-state index in [4.69, 9.17) is 26.1 Å². The van der Waals surface area contributed by atoms with Crippen molar-refractivity contribution in [3.8, 4) is 11.6 Å². The van der Waals surface area contributed by atoms with Crippen LogP contribution in [0.1, 0.15) is 47.2 Å². The van der Waals surface area contributed by atoms with Crippen LogP contribution in [-0.2, 0) is 26.2 Å². The standard InChI is InChI=1S/C32H32ClFN6O4/c1-2-39-20-35-16-24(39)17-40-29-13-22(32(41)42)6-7-28(29)37-30(40)18-38-10-8-25(9-11-38)44-26-5-3-4-21(12-26)19-43-31-27(34)14-23(33)15-36-31/h3-7,12-16,20,25H,2,8-11,17-19H2,1H3,(H,41,42). The summed E-state index contributed by atoms with van der Waals surface area (Å²) < 4.78 is 30.1. The average Bonchev–Trinajstić information content (AvgIpc) is 3.61. The molecule has 0 saturated carbocycles. The minimum atomic E-state index is -0.965. The molecule has 1 fully saturated rings. The summed E-state index contributed by atoms with van der Waals surface area (Å²) in [5.41, 5.74) is 3.66. The summed E-state index contributed by atoms with van der Waals surface area (Å²) in [5, 5.41) is 9.80. The van der Waals surface area contributed by atoms with Crippen LogP contribution in [0.15, 0.2) is 67.3 Å². The lowest BCUT2D eigenvalue weighted by molar-refractivity contribution is 0.0697. The molecule has 228 valence electrons. The van der Waals surface area contributed by atoms with E-state index < -0.39 is 11.8 Å². The number of nitrogens with zero attached hydrogens (tertiary/aromatic N) is 6. The maximum atomic E-state index is 14.0. The van der Waals surface area contributed by atoms with Gasteiger partial charge in [-0.15, -0.1) is 0 Å². The van der Waals surface area contributed by atoms with Gasteiger partial charge in [-0.05, 0) is 61.7 Å². The van der Waals surface area contributed by atoms with Crippen LogP contribution >= 0.6 is 11.6 Å². The number of carboxylic acid groups (broad SMARTS) is 1. The third kappa shape index (κ3) is 6.68. The zero-order valence-corrected chi connectivity index (χ0v) is 25.0. The molecule has 5 aromatic rings. The Labute approximate surface area is 258 Å². The monoisotopic (exact) mass is 618 g/mol. The van der Waals surface area contributed by atoms with Crippen molar-refractivity contribution in [1.82, 2.24) is 29.0 Å². The largest absolute Gasteiger partial charge is 0.490 e. The number of rotatable bonds is 11. The maximum Gasteiger partial charge on any atom is 0.335 e. The summed E-state index contributed by atoms with van der Waals surface area (Å²) in [6, 6.07) is 13.8. The molecular weight excluding hydrogens is 587 g/mol. The van der Waals surface area contributed by atoms with E-state index in [0.717, 1.165) is 66.3 Å². The molecule has 6 rings (SSSR count). The van der Waals surface area contributed by atoms with Gasteiger partial charge in [0, 0.05) is 32.0 Å². The van der Waals surface area contributed by atoms with Gasteiger partial charge < -0.3 is 23.7 Å². The molecule has 0 spiro atoms. The molecule has 0 bridgehead atoms. The van der Waals surface area contributed by atoms with E-state index in [1.165, 1.54) is 12.3 Å². The minimum Gasteiger partial charge on any atom is -0.490 e. The highest BCUT2D eigenvalue weighted by Gasteiger charge is 2.24. The first-order valence-corrected chi connectivity index (χ1v) is 14.9. The van der Waals surface area contributed by atoms with Crippen molar-refractivity contribution < 1.29 is 23.8 Å². The molecular formula is C32H32ClFN6O4. The Kier molecular flexibility index (Phi) is 8.76. The highest BCUT2D eigenvalue weighted by Crippen LogP contribution is 2.25. The topological polar surface area (TPSA) is 108 Å². The van der Waals surface area contributed by atoms with Crippen LogP contribution < -0.4 is 9.47 Å². The summed E-state index contributed by atoms with van der Waals surface area (Å²) in [6.45, 7) is 5.83. The number of hydrogen-bond acceptors (Lipinski definition) is 7. The Balaban J connectivity index is 1.10. The molecule has 1 saturated heterocycles. The molecule has 3 aromatic heterocycles. The first-order chi connectivity index (χ1) is 21.4. The summed E-state index contributed by atoms with van der Waals surface area (Å²) >= 11 is 5.77. The molecule has 0 unspecified atom stereocenters. The number of likely N-dealkylation sites (tertiary alicyclic amines) is 1. The number of imidazole rings is 2. The summed E-state index contributed by atoms with van der Waals surface area (Å²) in [7, 11) is 0. The third-order valence-corrected chi connectivity index (χ3v) is 7.99. The summed E-state index contributed by atoms with van der Waals surface area (Å²) in [6.07, 6.45) is 6.73. The van der Waals surface area contributed by atoms with Gasteiger partial charge in [-0.1, -0.05) is 23.7 Å². The summed E-state index contributed by atoms with van der Waals surface area (Å²) in [5.74, 6) is -0.0557. The van der Waals surface area contributed by atoms with E-state index in [1.54, 1.807) is 24.5 Å². The molecule has 0 aliphatic carbocycles. The second-order valence-electron chi connectivity index (χ2n) is 10.8. The number of hydrogen-bond donors (Lipinski definition) is 1. The number of aromatic nitrogens is 5. The zero-order chi connectivity index (χ0) is 30.6. The van der Waals surface area contributed by atoms with Gasteiger partial charge in [-0.2, -0.15) is 0 Å². The fraction of sp³-hybridized carbons (Fsp3) is 0.312. The predicted octanol–water partition coefficient (Wildman–Crippen LogP) is 5.81. The lowest BCUT2D eigenvalue weighted by Crippen LogP contribution is -2.38. The van der Waals surface area contributed by atoms with E-state index >= 15 is 0 Å². The van der Waals surface area contributed by atoms with E-state index in [-0.39, 0.29) is 29.2 Å². The maximum absolute atomic E-state index is 14.0. The number of benzene rings is 2. The van der Waals surface area contributed by atoms with Crippen molar-refractivity contribution in [1.29, 1.82) is 0 Å². The number of carbonyl (C=O) groups is 1. The van der Waals surface area contributed by atoms with Crippen LogP contribution in [0.25, 0.3) is 11.0 Å². The Morgan fingerprint density at radius 1 is 1.11 bits per heavy atom. The molecule has 44 heavy (non-hydrogen) atoms. The Hall–Kier alpha value is -4.48. The van der Waals surface area contributed by atoms with Gasteiger partial charge in [0.15, 0.2) is 5.82 Å². The number of aryl methyl sites for hydroxylation is 1. The highest BCUT2D eigenvalue weighted by atomic mass is 35.5. The van der Waals surface area contributed by atoms with Crippen molar-refractivity contribution in [2.24, 2.45) is 0 Å². The molecule has 10 nitrogen and oxygen atoms in total. The van der Waals surface area contributed by atoms with E-state index in [0.29, 0.717) is 13.1 Å². The number of ether oxygens (including phenoxy) is 2. The molecule has 0 atom stereocenters. The SMILES string of the molecule is CCn1cncc1Cn1c(CN2CCC(Oc3cccc(COc4ncc(Cl)cc4F)c3)CC2)nc2ccc(C(=O)O)cc21. The van der Waals surface area contributed by atoms with E-state index in [9.17, 15) is 14.3 Å². The van der Waals surface area contributed by atoms with E-state index in [1.807, 2.05) is 30.5 Å². The zero-order valence-electron chi connectivity index (χ0n) is 24.2. The van der Waals surface area contributed by atoms with Gasteiger partial charge in [0.2, 0.25) is 0 Å². The third-order valence-electron chi connectivity index (χ3n) is 7.78. The first-order valence-electron chi connectivity index (χ1n) is 14.5. The van der Waals surface area contributed by atoms with Crippen molar-refractivity contribution >= 4 is 28.6 Å². The van der Waals surface area contributed by atoms with Crippen molar-refractivity contribution in [3.63, 3.8) is 0 Å². The molecule has 1 aliphatic rings. The second kappa shape index (κ2) is 13.0. The molecule has 2 aromatic carbocycles. The number of fused-ring (bicyclic) bond motifs is 1. The fourth-order valence-electron chi connectivity index (χ4n) is 5.48. The van der Waals surface area contributed by atoms with Crippen molar-refractivity contribution in [3.05, 3.63) is 101 Å². The van der Waals surface area contributed by atoms with Crippen LogP contribution in [0, 0.1) is 5.82 Å². The Morgan fingerprint density at radius 3 is 2.73 bits per heavy atom. The van der Waals surface area contributed by atoms with Crippen LogP contribution in [0.4, 0.5) is 4.39 Å². The first kappa shape index (κ1) is 29.6. The van der Waals surface area contributed by atoms with Gasteiger partial charge in [0.05, 0.1) is 46.7 Å². The van der Waals surface area contributed by atoms with Crippen molar-refractivity contribution in [2.75, 3.05) is 13.1 Å². The lowest BCUT2D eigenvalue weighted by Gasteiger charge is -2.32. The van der Waals surface area contributed by atoms with Crippen LogP contribution in [0.3, 0.4) is 0 Å². The summed E-state index contributed by atoms with van der Waals surface area (Å²) in [4.78, 5) is 27.2. The minimum absolute atomic E-state index is 0.0497. The number of pyridine rings is 1.